The van der Waals surface area contributed by atoms with E-state index in [0.717, 1.165) is 12.8 Å². The van der Waals surface area contributed by atoms with E-state index in [0.29, 0.717) is 37.2 Å². The summed E-state index contributed by atoms with van der Waals surface area (Å²) in [6.07, 6.45) is 3.04. The molecular weight excluding hydrogens is 356 g/mol. The van der Waals surface area contributed by atoms with Gasteiger partial charge in [-0.1, -0.05) is 6.92 Å². The number of hydrogen-bond donors (Lipinski definition) is 2. The van der Waals surface area contributed by atoms with Crippen molar-refractivity contribution in [2.75, 3.05) is 23.6 Å². The van der Waals surface area contributed by atoms with Crippen LogP contribution in [0.15, 0.2) is 24.3 Å². The quantitative estimate of drug-likeness (QED) is 0.719. The lowest BCUT2D eigenvalue weighted by molar-refractivity contribution is -0.137. The molecule has 1 saturated heterocycles. The lowest BCUT2D eigenvalue weighted by Gasteiger charge is -2.32. The van der Waals surface area contributed by atoms with E-state index < -0.39 is 16.0 Å². The molecule has 0 radical (unpaired) electrons. The molecule has 8 heteroatoms. The highest BCUT2D eigenvalue weighted by Crippen LogP contribution is 2.23. The first-order valence-corrected chi connectivity index (χ1v) is 10.6. The van der Waals surface area contributed by atoms with Crippen LogP contribution < -0.4 is 4.72 Å². The standard InChI is InChI=1S/C18H26N2O5S/c1-2-12-26(24,25)19-16-8-6-15(7-9-16)18(23)20-11-3-4-14(13-20)5-10-17(21)22/h6-9,14,19H,2-5,10-13H2,1H3,(H,21,22). The number of carboxylic acid groups (broad SMARTS) is 1. The maximum atomic E-state index is 12.7. The number of nitrogens with one attached hydrogen (secondary N) is 1. The zero-order chi connectivity index (χ0) is 19.2. The maximum Gasteiger partial charge on any atom is 0.303 e. The van der Waals surface area contributed by atoms with Crippen LogP contribution in [0.4, 0.5) is 5.69 Å². The molecule has 2 rings (SSSR count). The Balaban J connectivity index is 1.97. The molecule has 2 N–H and O–H groups in total. The van der Waals surface area contributed by atoms with Crippen LogP contribution >= 0.6 is 0 Å². The number of hydrogen-bond acceptors (Lipinski definition) is 4. The smallest absolute Gasteiger partial charge is 0.303 e. The van der Waals surface area contributed by atoms with Gasteiger partial charge in [0.1, 0.15) is 0 Å². The number of likely N-dealkylation sites (tertiary alicyclic amines) is 1. The number of carboxylic acids is 1. The summed E-state index contributed by atoms with van der Waals surface area (Å²) in [5.74, 6) is -0.648. The fraction of sp³-hybridized carbons (Fsp3) is 0.556. The molecule has 0 aliphatic carbocycles. The number of sulfonamides is 1. The summed E-state index contributed by atoms with van der Waals surface area (Å²) in [6.45, 7) is 3.02. The molecule has 0 bridgehead atoms. The van der Waals surface area contributed by atoms with Crippen molar-refractivity contribution in [3.63, 3.8) is 0 Å². The molecule has 7 nitrogen and oxygen atoms in total. The summed E-state index contributed by atoms with van der Waals surface area (Å²) < 4.78 is 26.1. The molecule has 1 atom stereocenters. The van der Waals surface area contributed by atoms with Gasteiger partial charge < -0.3 is 10.0 Å². The number of nitrogens with zero attached hydrogens (tertiary/aromatic N) is 1. The Bertz CT molecular complexity index is 730. The molecule has 1 heterocycles. The van der Waals surface area contributed by atoms with Crippen molar-refractivity contribution in [3.8, 4) is 0 Å². The van der Waals surface area contributed by atoms with Gasteiger partial charge in [-0.25, -0.2) is 8.42 Å². The molecule has 1 unspecified atom stereocenters. The van der Waals surface area contributed by atoms with E-state index in [9.17, 15) is 18.0 Å². The highest BCUT2D eigenvalue weighted by Gasteiger charge is 2.24. The Morgan fingerprint density at radius 1 is 1.27 bits per heavy atom. The third kappa shape index (κ3) is 6.01. The third-order valence-electron chi connectivity index (χ3n) is 4.45. The van der Waals surface area contributed by atoms with Crippen LogP contribution in [0.3, 0.4) is 0 Å². The van der Waals surface area contributed by atoms with Gasteiger partial charge in [-0.2, -0.15) is 0 Å². The van der Waals surface area contributed by atoms with Crippen LogP contribution in [-0.2, 0) is 14.8 Å². The maximum absolute atomic E-state index is 12.7. The molecule has 1 aliphatic heterocycles. The number of amides is 1. The number of carbonyl (C=O) groups excluding carboxylic acids is 1. The van der Waals surface area contributed by atoms with Crippen molar-refractivity contribution in [2.45, 2.75) is 39.0 Å². The zero-order valence-electron chi connectivity index (χ0n) is 15.0. The average Bonchev–Trinajstić information content (AvgIpc) is 2.60. The van der Waals surface area contributed by atoms with Gasteiger partial charge in [0.25, 0.3) is 5.91 Å². The molecule has 144 valence electrons. The average molecular weight is 382 g/mol. The van der Waals surface area contributed by atoms with Crippen LogP contribution in [-0.4, -0.2) is 49.1 Å². The van der Waals surface area contributed by atoms with Crippen LogP contribution in [0, 0.1) is 5.92 Å². The molecular formula is C18H26N2O5S. The van der Waals surface area contributed by atoms with Crippen molar-refractivity contribution in [3.05, 3.63) is 29.8 Å². The van der Waals surface area contributed by atoms with Gasteiger partial charge in [-0.3, -0.25) is 14.3 Å². The third-order valence-corrected chi connectivity index (χ3v) is 5.94. The molecule has 1 amide bonds. The van der Waals surface area contributed by atoms with E-state index in [1.165, 1.54) is 0 Å². The fourth-order valence-electron chi connectivity index (χ4n) is 3.18. The summed E-state index contributed by atoms with van der Waals surface area (Å²) in [6, 6.07) is 6.42. The van der Waals surface area contributed by atoms with Crippen LogP contribution in [0.25, 0.3) is 0 Å². The number of piperidine rings is 1. The SMILES string of the molecule is CCCS(=O)(=O)Nc1ccc(C(=O)N2CCCC(CCC(=O)O)C2)cc1. The van der Waals surface area contributed by atoms with E-state index in [1.54, 1.807) is 36.1 Å². The van der Waals surface area contributed by atoms with Crippen molar-refractivity contribution < 1.29 is 23.1 Å². The van der Waals surface area contributed by atoms with Crippen molar-refractivity contribution in [1.29, 1.82) is 0 Å². The molecule has 1 aliphatic rings. The molecule has 0 aromatic heterocycles. The Morgan fingerprint density at radius 3 is 2.58 bits per heavy atom. The highest BCUT2D eigenvalue weighted by atomic mass is 32.2. The van der Waals surface area contributed by atoms with E-state index in [-0.39, 0.29) is 24.0 Å². The highest BCUT2D eigenvalue weighted by molar-refractivity contribution is 7.92. The monoisotopic (exact) mass is 382 g/mol. The lowest BCUT2D eigenvalue weighted by Crippen LogP contribution is -2.40. The fourth-order valence-corrected chi connectivity index (χ4v) is 4.31. The lowest BCUT2D eigenvalue weighted by atomic mass is 9.93. The molecule has 26 heavy (non-hydrogen) atoms. The predicted octanol–water partition coefficient (Wildman–Crippen LogP) is 2.56. The minimum atomic E-state index is -3.35. The van der Waals surface area contributed by atoms with Crippen LogP contribution in [0.5, 0.6) is 0 Å². The molecule has 0 saturated carbocycles. The van der Waals surface area contributed by atoms with Gasteiger partial charge in [-0.05, 0) is 55.9 Å². The Labute approximate surface area is 154 Å². The second-order valence-corrected chi connectivity index (χ2v) is 8.53. The van der Waals surface area contributed by atoms with Gasteiger partial charge in [0, 0.05) is 30.8 Å². The van der Waals surface area contributed by atoms with Crippen LogP contribution in [0.2, 0.25) is 0 Å². The van der Waals surface area contributed by atoms with Gasteiger partial charge >= 0.3 is 5.97 Å². The van der Waals surface area contributed by atoms with Crippen molar-refractivity contribution >= 4 is 27.6 Å². The largest absolute Gasteiger partial charge is 0.481 e. The molecule has 0 spiro atoms. The Morgan fingerprint density at radius 2 is 1.96 bits per heavy atom. The van der Waals surface area contributed by atoms with E-state index in [4.69, 9.17) is 5.11 Å². The summed E-state index contributed by atoms with van der Waals surface area (Å²) in [4.78, 5) is 25.1. The summed E-state index contributed by atoms with van der Waals surface area (Å²) in [5.41, 5.74) is 0.940. The van der Waals surface area contributed by atoms with E-state index >= 15 is 0 Å². The predicted molar refractivity (Wildman–Crippen MR) is 99.6 cm³/mol. The topological polar surface area (TPSA) is 104 Å². The minimum absolute atomic E-state index is 0.0548. The first-order valence-electron chi connectivity index (χ1n) is 8.92. The van der Waals surface area contributed by atoms with Crippen LogP contribution in [0.1, 0.15) is 49.4 Å². The first kappa shape index (κ1) is 20.2. The minimum Gasteiger partial charge on any atom is -0.481 e. The Kier molecular flexibility index (Phi) is 7.02. The number of carbonyl (C=O) groups is 2. The number of benzene rings is 1. The molecule has 1 aromatic carbocycles. The van der Waals surface area contributed by atoms with E-state index in [2.05, 4.69) is 4.72 Å². The van der Waals surface area contributed by atoms with Gasteiger partial charge in [-0.15, -0.1) is 0 Å². The summed E-state index contributed by atoms with van der Waals surface area (Å²) in [5, 5.41) is 8.81. The normalized spacial score (nSPS) is 17.7. The van der Waals surface area contributed by atoms with Crippen molar-refractivity contribution in [1.82, 2.24) is 4.90 Å². The molecule has 1 fully saturated rings. The van der Waals surface area contributed by atoms with Gasteiger partial charge in [0.15, 0.2) is 0 Å². The van der Waals surface area contributed by atoms with Crippen molar-refractivity contribution in [2.24, 2.45) is 5.92 Å². The first-order chi connectivity index (χ1) is 12.3. The number of rotatable bonds is 8. The number of aliphatic carboxylic acids is 1. The zero-order valence-corrected chi connectivity index (χ0v) is 15.8. The Hall–Kier alpha value is -2.09. The number of anilines is 1. The second-order valence-electron chi connectivity index (χ2n) is 6.69. The second kappa shape index (κ2) is 9.02. The summed E-state index contributed by atoms with van der Waals surface area (Å²) in [7, 11) is -3.35. The van der Waals surface area contributed by atoms with Gasteiger partial charge in [0.2, 0.25) is 10.0 Å². The van der Waals surface area contributed by atoms with Gasteiger partial charge in [0.05, 0.1) is 5.75 Å². The summed E-state index contributed by atoms with van der Waals surface area (Å²) >= 11 is 0. The van der Waals surface area contributed by atoms with E-state index in [1.807, 2.05) is 0 Å². The molecule has 1 aromatic rings.